The number of carbonyl (C=O) groups is 1. The highest BCUT2D eigenvalue weighted by Crippen LogP contribution is 2.21. The van der Waals surface area contributed by atoms with Crippen LogP contribution in [0.3, 0.4) is 0 Å². The van der Waals surface area contributed by atoms with E-state index in [1.165, 1.54) is 0 Å². The molecule has 0 aromatic heterocycles. The van der Waals surface area contributed by atoms with E-state index in [4.69, 9.17) is 10.5 Å². The molecule has 4 nitrogen and oxygen atoms in total. The quantitative estimate of drug-likeness (QED) is 0.831. The normalized spacial score (nSPS) is 10.1. The fourth-order valence-electron chi connectivity index (χ4n) is 1.67. The third-order valence-corrected chi connectivity index (χ3v) is 2.51. The van der Waals surface area contributed by atoms with Crippen molar-refractivity contribution >= 4 is 5.91 Å². The van der Waals surface area contributed by atoms with Crippen molar-refractivity contribution in [1.29, 1.82) is 0 Å². The second kappa shape index (κ2) is 6.56. The summed E-state index contributed by atoms with van der Waals surface area (Å²) in [4.78, 5) is 10.6. The molecule has 0 aliphatic rings. The summed E-state index contributed by atoms with van der Waals surface area (Å²) in [6, 6.07) is 17.3. The molecule has 0 unspecified atom stereocenters. The number of para-hydroxylation sites is 1. The maximum Gasteiger partial charge on any atom is 0.231 e. The minimum Gasteiger partial charge on any atom is -0.457 e. The predicted octanol–water partition coefficient (Wildman–Crippen LogP) is 2.05. The van der Waals surface area contributed by atoms with Gasteiger partial charge in [0, 0.05) is 6.54 Å². The Balaban J connectivity index is 1.97. The molecule has 0 bridgehead atoms. The van der Waals surface area contributed by atoms with Crippen LogP contribution in [0.25, 0.3) is 0 Å². The lowest BCUT2D eigenvalue weighted by atomic mass is 10.2. The monoisotopic (exact) mass is 256 g/mol. The number of benzene rings is 2. The van der Waals surface area contributed by atoms with Gasteiger partial charge in [-0.1, -0.05) is 30.3 Å². The minimum absolute atomic E-state index is 0.170. The van der Waals surface area contributed by atoms with Crippen molar-refractivity contribution in [2.24, 2.45) is 5.73 Å². The molecule has 1 amide bonds. The van der Waals surface area contributed by atoms with E-state index in [0.717, 1.165) is 17.1 Å². The van der Waals surface area contributed by atoms with Gasteiger partial charge < -0.3 is 15.8 Å². The van der Waals surface area contributed by atoms with E-state index in [0.29, 0.717) is 6.54 Å². The Labute approximate surface area is 112 Å². The minimum atomic E-state index is -0.364. The summed E-state index contributed by atoms with van der Waals surface area (Å²) in [6.45, 7) is 0.749. The molecule has 19 heavy (non-hydrogen) atoms. The zero-order valence-electron chi connectivity index (χ0n) is 10.5. The third-order valence-electron chi connectivity index (χ3n) is 2.51. The van der Waals surface area contributed by atoms with Crippen LogP contribution in [0.5, 0.6) is 11.5 Å². The van der Waals surface area contributed by atoms with Crippen LogP contribution in [0, 0.1) is 0 Å². The maximum atomic E-state index is 10.6. The number of primary amides is 1. The zero-order valence-corrected chi connectivity index (χ0v) is 10.5. The number of ether oxygens (including phenoxy) is 1. The molecule has 2 rings (SSSR count). The van der Waals surface area contributed by atoms with Gasteiger partial charge in [0.05, 0.1) is 6.54 Å². The summed E-state index contributed by atoms with van der Waals surface area (Å²) < 4.78 is 5.73. The first kappa shape index (κ1) is 13.1. The molecule has 0 saturated heterocycles. The molecule has 0 fully saturated rings. The number of nitrogens with one attached hydrogen (secondary N) is 1. The molecule has 0 atom stereocenters. The summed E-state index contributed by atoms with van der Waals surface area (Å²) in [7, 11) is 0. The third kappa shape index (κ3) is 4.44. The van der Waals surface area contributed by atoms with E-state index in [-0.39, 0.29) is 12.5 Å². The molecular formula is C15H16N2O2. The van der Waals surface area contributed by atoms with Crippen molar-refractivity contribution < 1.29 is 9.53 Å². The number of amides is 1. The van der Waals surface area contributed by atoms with Gasteiger partial charge in [-0.25, -0.2) is 0 Å². The van der Waals surface area contributed by atoms with Gasteiger partial charge in [0.2, 0.25) is 5.91 Å². The molecule has 0 aliphatic heterocycles. The molecular weight excluding hydrogens is 240 g/mol. The molecule has 4 heteroatoms. The number of carbonyl (C=O) groups excluding carboxylic acids is 1. The number of rotatable bonds is 6. The highest BCUT2D eigenvalue weighted by molar-refractivity contribution is 5.75. The predicted molar refractivity (Wildman–Crippen MR) is 73.9 cm³/mol. The van der Waals surface area contributed by atoms with E-state index in [9.17, 15) is 4.79 Å². The maximum absolute atomic E-state index is 10.6. The van der Waals surface area contributed by atoms with Crippen molar-refractivity contribution in [2.75, 3.05) is 6.54 Å². The highest BCUT2D eigenvalue weighted by Gasteiger charge is 1.99. The summed E-state index contributed by atoms with van der Waals surface area (Å²) in [5.74, 6) is 1.20. The molecule has 2 aromatic carbocycles. The van der Waals surface area contributed by atoms with E-state index >= 15 is 0 Å². The lowest BCUT2D eigenvalue weighted by Crippen LogP contribution is -2.28. The van der Waals surface area contributed by atoms with Gasteiger partial charge in [0.1, 0.15) is 11.5 Å². The second-order valence-electron chi connectivity index (χ2n) is 4.13. The average Bonchev–Trinajstić information content (AvgIpc) is 2.40. The average molecular weight is 256 g/mol. The van der Waals surface area contributed by atoms with E-state index < -0.39 is 0 Å². The summed E-state index contributed by atoms with van der Waals surface area (Å²) in [6.07, 6.45) is 0. The Kier molecular flexibility index (Phi) is 4.53. The smallest absolute Gasteiger partial charge is 0.231 e. The van der Waals surface area contributed by atoms with Gasteiger partial charge in [0.15, 0.2) is 0 Å². The van der Waals surface area contributed by atoms with Crippen molar-refractivity contribution in [3.8, 4) is 11.5 Å². The van der Waals surface area contributed by atoms with Crippen LogP contribution in [0.4, 0.5) is 0 Å². The second-order valence-corrected chi connectivity index (χ2v) is 4.13. The van der Waals surface area contributed by atoms with Crippen molar-refractivity contribution in [3.05, 3.63) is 60.2 Å². The van der Waals surface area contributed by atoms with Crippen LogP contribution in [0.2, 0.25) is 0 Å². The largest absolute Gasteiger partial charge is 0.457 e. The van der Waals surface area contributed by atoms with E-state index in [1.807, 2.05) is 54.6 Å². The standard InChI is InChI=1S/C15H16N2O2/c16-15(18)11-17-10-12-5-4-8-14(9-12)19-13-6-2-1-3-7-13/h1-9,17H,10-11H2,(H2,16,18). The van der Waals surface area contributed by atoms with Crippen molar-refractivity contribution in [1.82, 2.24) is 5.32 Å². The number of hydrogen-bond acceptors (Lipinski definition) is 3. The number of nitrogens with two attached hydrogens (primary N) is 1. The topological polar surface area (TPSA) is 64.4 Å². The molecule has 0 spiro atoms. The molecule has 0 saturated carbocycles. The summed E-state index contributed by atoms with van der Waals surface area (Å²) in [5.41, 5.74) is 6.10. The van der Waals surface area contributed by atoms with Gasteiger partial charge in [-0.3, -0.25) is 4.79 Å². The Bertz CT molecular complexity index is 541. The number of hydrogen-bond donors (Lipinski definition) is 2. The molecule has 0 aliphatic carbocycles. The van der Waals surface area contributed by atoms with Crippen LogP contribution in [-0.2, 0) is 11.3 Å². The molecule has 98 valence electrons. The van der Waals surface area contributed by atoms with E-state index in [1.54, 1.807) is 0 Å². The van der Waals surface area contributed by atoms with Gasteiger partial charge in [-0.15, -0.1) is 0 Å². The lowest BCUT2D eigenvalue weighted by molar-refractivity contribution is -0.117. The Morgan fingerprint density at radius 3 is 2.53 bits per heavy atom. The summed E-state index contributed by atoms with van der Waals surface area (Å²) >= 11 is 0. The lowest BCUT2D eigenvalue weighted by Gasteiger charge is -2.08. The van der Waals surface area contributed by atoms with Gasteiger partial charge in [0.25, 0.3) is 0 Å². The van der Waals surface area contributed by atoms with Crippen LogP contribution in [-0.4, -0.2) is 12.5 Å². The van der Waals surface area contributed by atoms with Crippen LogP contribution in [0.1, 0.15) is 5.56 Å². The van der Waals surface area contributed by atoms with Crippen LogP contribution < -0.4 is 15.8 Å². The SMILES string of the molecule is NC(=O)CNCc1cccc(Oc2ccccc2)c1. The Hall–Kier alpha value is -2.33. The van der Waals surface area contributed by atoms with Crippen molar-refractivity contribution in [2.45, 2.75) is 6.54 Å². The molecule has 0 radical (unpaired) electrons. The van der Waals surface area contributed by atoms with Gasteiger partial charge in [-0.05, 0) is 29.8 Å². The molecule has 0 heterocycles. The van der Waals surface area contributed by atoms with Crippen LogP contribution in [0.15, 0.2) is 54.6 Å². The fourth-order valence-corrected chi connectivity index (χ4v) is 1.67. The Morgan fingerprint density at radius 1 is 1.05 bits per heavy atom. The Morgan fingerprint density at radius 2 is 1.79 bits per heavy atom. The van der Waals surface area contributed by atoms with Crippen molar-refractivity contribution in [3.63, 3.8) is 0 Å². The van der Waals surface area contributed by atoms with Crippen LogP contribution >= 0.6 is 0 Å². The fraction of sp³-hybridized carbons (Fsp3) is 0.133. The first-order valence-corrected chi connectivity index (χ1v) is 6.05. The van der Waals surface area contributed by atoms with E-state index in [2.05, 4.69) is 5.32 Å². The zero-order chi connectivity index (χ0) is 13.5. The summed E-state index contributed by atoms with van der Waals surface area (Å²) in [5, 5.41) is 2.96. The molecule has 3 N–H and O–H groups in total. The molecule has 2 aromatic rings. The first-order chi connectivity index (χ1) is 9.24. The van der Waals surface area contributed by atoms with Gasteiger partial charge in [-0.2, -0.15) is 0 Å². The highest BCUT2D eigenvalue weighted by atomic mass is 16.5. The van der Waals surface area contributed by atoms with Gasteiger partial charge >= 0.3 is 0 Å². The first-order valence-electron chi connectivity index (χ1n) is 6.05.